The summed E-state index contributed by atoms with van der Waals surface area (Å²) in [7, 11) is 0. The molecule has 0 saturated carbocycles. The van der Waals surface area contributed by atoms with Crippen molar-refractivity contribution >= 4 is 40.6 Å². The van der Waals surface area contributed by atoms with E-state index in [1.807, 2.05) is 12.1 Å². The molecule has 0 radical (unpaired) electrons. The molecule has 1 aliphatic heterocycles. The molecule has 1 saturated heterocycles. The Kier molecular flexibility index (Phi) is 6.14. The van der Waals surface area contributed by atoms with E-state index in [9.17, 15) is 9.59 Å². The average Bonchev–Trinajstić information content (AvgIpc) is 2.66. The lowest BCUT2D eigenvalue weighted by Gasteiger charge is -2.28. The Bertz CT molecular complexity index is 803. The number of nitrogens with one attached hydrogen (secondary N) is 1. The van der Waals surface area contributed by atoms with Crippen LogP contribution in [0.1, 0.15) is 20.7 Å². The van der Waals surface area contributed by atoms with Crippen molar-refractivity contribution in [3.8, 4) is 0 Å². The van der Waals surface area contributed by atoms with Gasteiger partial charge in [0.25, 0.3) is 5.91 Å². The quantitative estimate of drug-likeness (QED) is 0.791. The number of ether oxygens (including phenoxy) is 1. The molecule has 0 atom stereocenters. The van der Waals surface area contributed by atoms with Crippen molar-refractivity contribution in [2.45, 2.75) is 0 Å². The van der Waals surface area contributed by atoms with E-state index in [1.165, 1.54) is 12.1 Å². The second-order valence-electron chi connectivity index (χ2n) is 5.88. The molecule has 0 unspecified atom stereocenters. The van der Waals surface area contributed by atoms with Crippen molar-refractivity contribution < 1.29 is 14.3 Å². The number of nitrogens with zero attached hydrogens (tertiary/aromatic N) is 1. The summed E-state index contributed by atoms with van der Waals surface area (Å²) in [5.74, 6) is -0.582. The van der Waals surface area contributed by atoms with Crippen LogP contribution in [0.5, 0.6) is 0 Å². The molecule has 7 heteroatoms. The molecule has 3 rings (SSSR count). The van der Waals surface area contributed by atoms with Gasteiger partial charge in [0.15, 0.2) is 5.78 Å². The highest BCUT2D eigenvalue weighted by molar-refractivity contribution is 6.36. The van der Waals surface area contributed by atoms with Crippen LogP contribution >= 0.6 is 23.2 Å². The van der Waals surface area contributed by atoms with Gasteiger partial charge in [0.1, 0.15) is 0 Å². The summed E-state index contributed by atoms with van der Waals surface area (Å²) in [6.07, 6.45) is 0. The van der Waals surface area contributed by atoms with Crippen LogP contribution in [0.3, 0.4) is 0 Å². The van der Waals surface area contributed by atoms with E-state index in [-0.39, 0.29) is 22.9 Å². The number of anilines is 1. The first-order chi connectivity index (χ1) is 12.5. The van der Waals surface area contributed by atoms with Crippen LogP contribution in [0.4, 0.5) is 5.69 Å². The minimum atomic E-state index is -0.412. The highest BCUT2D eigenvalue weighted by Gasteiger charge is 2.14. The summed E-state index contributed by atoms with van der Waals surface area (Å²) in [6.45, 7) is 2.99. The SMILES string of the molecule is O=C(CNC(=O)c1ccc(Cl)cc1Cl)c1ccc(N2CCOCC2)cc1. The van der Waals surface area contributed by atoms with Crippen molar-refractivity contribution in [2.75, 3.05) is 37.7 Å². The Morgan fingerprint density at radius 1 is 1.04 bits per heavy atom. The van der Waals surface area contributed by atoms with Gasteiger partial charge in [0.05, 0.1) is 30.3 Å². The zero-order valence-electron chi connectivity index (χ0n) is 14.0. The number of hydrogen-bond donors (Lipinski definition) is 1. The molecule has 1 amide bonds. The maximum atomic E-state index is 12.3. The van der Waals surface area contributed by atoms with Crippen molar-refractivity contribution in [3.63, 3.8) is 0 Å². The molecule has 26 heavy (non-hydrogen) atoms. The Morgan fingerprint density at radius 3 is 2.38 bits per heavy atom. The molecule has 0 bridgehead atoms. The van der Waals surface area contributed by atoms with E-state index in [0.29, 0.717) is 23.8 Å². The van der Waals surface area contributed by atoms with Crippen LogP contribution in [0.25, 0.3) is 0 Å². The van der Waals surface area contributed by atoms with Crippen LogP contribution in [0.2, 0.25) is 10.0 Å². The fourth-order valence-electron chi connectivity index (χ4n) is 2.71. The molecule has 1 aliphatic rings. The van der Waals surface area contributed by atoms with E-state index < -0.39 is 5.91 Å². The number of carbonyl (C=O) groups excluding carboxylic acids is 2. The van der Waals surface area contributed by atoms with Gasteiger partial charge >= 0.3 is 0 Å². The Morgan fingerprint density at radius 2 is 1.73 bits per heavy atom. The third-order valence-electron chi connectivity index (χ3n) is 4.15. The number of carbonyl (C=O) groups is 2. The van der Waals surface area contributed by atoms with Gasteiger partial charge in [-0.2, -0.15) is 0 Å². The summed E-state index contributed by atoms with van der Waals surface area (Å²) in [4.78, 5) is 26.7. The molecule has 0 aliphatic carbocycles. The summed E-state index contributed by atoms with van der Waals surface area (Å²) >= 11 is 11.8. The van der Waals surface area contributed by atoms with E-state index >= 15 is 0 Å². The summed E-state index contributed by atoms with van der Waals surface area (Å²) in [5, 5.41) is 3.29. The predicted octanol–water partition coefficient (Wildman–Crippen LogP) is 3.44. The molecular formula is C19H18Cl2N2O3. The maximum absolute atomic E-state index is 12.3. The molecule has 2 aromatic carbocycles. The Balaban J connectivity index is 1.58. The largest absolute Gasteiger partial charge is 0.378 e. The fraction of sp³-hybridized carbons (Fsp3) is 0.263. The standard InChI is InChI=1S/C19H18Cl2N2O3/c20-14-3-6-16(17(21)11-14)19(25)22-12-18(24)13-1-4-15(5-2-13)23-7-9-26-10-8-23/h1-6,11H,7-10,12H2,(H,22,25). The molecular weight excluding hydrogens is 375 g/mol. The van der Waals surface area contributed by atoms with Crippen molar-refractivity contribution in [1.82, 2.24) is 5.32 Å². The van der Waals surface area contributed by atoms with Gasteiger partial charge in [-0.3, -0.25) is 9.59 Å². The lowest BCUT2D eigenvalue weighted by molar-refractivity contribution is 0.0904. The second-order valence-corrected chi connectivity index (χ2v) is 6.72. The van der Waals surface area contributed by atoms with Gasteiger partial charge in [0, 0.05) is 29.4 Å². The first-order valence-corrected chi connectivity index (χ1v) is 8.99. The van der Waals surface area contributed by atoms with Gasteiger partial charge < -0.3 is 15.0 Å². The highest BCUT2D eigenvalue weighted by Crippen LogP contribution is 2.21. The molecule has 1 fully saturated rings. The normalized spacial score (nSPS) is 14.2. The van der Waals surface area contributed by atoms with E-state index in [0.717, 1.165) is 18.8 Å². The molecule has 1 heterocycles. The summed E-state index contributed by atoms with van der Waals surface area (Å²) in [5.41, 5.74) is 1.89. The van der Waals surface area contributed by atoms with Crippen LogP contribution in [-0.4, -0.2) is 44.5 Å². The Hall–Kier alpha value is -2.08. The molecule has 1 N–H and O–H groups in total. The number of amides is 1. The van der Waals surface area contributed by atoms with Crippen molar-refractivity contribution in [1.29, 1.82) is 0 Å². The van der Waals surface area contributed by atoms with Crippen molar-refractivity contribution in [2.24, 2.45) is 0 Å². The summed E-state index contributed by atoms with van der Waals surface area (Å²) in [6, 6.07) is 12.0. The smallest absolute Gasteiger partial charge is 0.253 e. The van der Waals surface area contributed by atoms with E-state index in [1.54, 1.807) is 18.2 Å². The highest BCUT2D eigenvalue weighted by atomic mass is 35.5. The lowest BCUT2D eigenvalue weighted by atomic mass is 10.1. The number of Topliss-reactive ketones (excluding diaryl/α,β-unsaturated/α-hetero) is 1. The van der Waals surface area contributed by atoms with Gasteiger partial charge in [-0.05, 0) is 42.5 Å². The number of rotatable bonds is 5. The zero-order chi connectivity index (χ0) is 18.5. The zero-order valence-corrected chi connectivity index (χ0v) is 15.5. The van der Waals surface area contributed by atoms with Gasteiger partial charge in [-0.25, -0.2) is 0 Å². The Labute approximate surface area is 161 Å². The number of halogens is 2. The first-order valence-electron chi connectivity index (χ1n) is 8.24. The van der Waals surface area contributed by atoms with Gasteiger partial charge in [-0.1, -0.05) is 23.2 Å². The minimum absolute atomic E-state index is 0.102. The lowest BCUT2D eigenvalue weighted by Crippen LogP contribution is -2.36. The number of benzene rings is 2. The summed E-state index contributed by atoms with van der Waals surface area (Å²) < 4.78 is 5.34. The van der Waals surface area contributed by atoms with E-state index in [4.69, 9.17) is 27.9 Å². The van der Waals surface area contributed by atoms with Gasteiger partial charge in [-0.15, -0.1) is 0 Å². The van der Waals surface area contributed by atoms with Crippen LogP contribution in [0.15, 0.2) is 42.5 Å². The minimum Gasteiger partial charge on any atom is -0.378 e. The maximum Gasteiger partial charge on any atom is 0.253 e. The molecule has 2 aromatic rings. The van der Waals surface area contributed by atoms with Crippen LogP contribution in [-0.2, 0) is 4.74 Å². The predicted molar refractivity (Wildman–Crippen MR) is 103 cm³/mol. The molecule has 136 valence electrons. The van der Waals surface area contributed by atoms with Gasteiger partial charge in [0.2, 0.25) is 0 Å². The topological polar surface area (TPSA) is 58.6 Å². The molecule has 0 aromatic heterocycles. The number of morpholine rings is 1. The molecule has 5 nitrogen and oxygen atoms in total. The monoisotopic (exact) mass is 392 g/mol. The average molecular weight is 393 g/mol. The fourth-order valence-corrected chi connectivity index (χ4v) is 3.21. The first kappa shape index (κ1) is 18.7. The molecule has 0 spiro atoms. The van der Waals surface area contributed by atoms with E-state index in [2.05, 4.69) is 10.2 Å². The number of hydrogen-bond acceptors (Lipinski definition) is 4. The van der Waals surface area contributed by atoms with Crippen LogP contribution in [0, 0.1) is 0 Å². The third-order valence-corrected chi connectivity index (χ3v) is 4.70. The van der Waals surface area contributed by atoms with Crippen LogP contribution < -0.4 is 10.2 Å². The third kappa shape index (κ3) is 4.55. The van der Waals surface area contributed by atoms with Crippen molar-refractivity contribution in [3.05, 3.63) is 63.6 Å². The second kappa shape index (κ2) is 8.54. The number of ketones is 1.